The molecule has 3 aromatic rings. The summed E-state index contributed by atoms with van der Waals surface area (Å²) in [5, 5.41) is 6.40. The normalized spacial score (nSPS) is 19.6. The Morgan fingerprint density at radius 1 is 0.964 bits per heavy atom. The van der Waals surface area contributed by atoms with Crippen molar-refractivity contribution in [2.45, 2.75) is 18.5 Å². The Hall–Kier alpha value is -3.28. The standard InChI is InChI=1S/C23H22N4O/c28-23(27-24-14-6-9-17-7-2-1-3-8-17)22-16-21(25-26-22)20-13-12-18-10-4-5-11-19(18)15-20/h1-15,21-22,25-26H,16H2,(H,27,28)/b9-6+,24-14+. The Morgan fingerprint density at radius 3 is 2.61 bits per heavy atom. The van der Waals surface area contributed by atoms with Gasteiger partial charge in [0, 0.05) is 12.3 Å². The molecule has 5 heteroatoms. The van der Waals surface area contributed by atoms with Crippen molar-refractivity contribution in [3.8, 4) is 0 Å². The summed E-state index contributed by atoms with van der Waals surface area (Å²) in [6.45, 7) is 0. The maximum atomic E-state index is 12.3. The van der Waals surface area contributed by atoms with Gasteiger partial charge in [0.15, 0.2) is 0 Å². The minimum Gasteiger partial charge on any atom is -0.271 e. The summed E-state index contributed by atoms with van der Waals surface area (Å²) < 4.78 is 0. The van der Waals surface area contributed by atoms with Crippen molar-refractivity contribution in [3.05, 3.63) is 90.0 Å². The third kappa shape index (κ3) is 4.34. The Morgan fingerprint density at radius 2 is 1.75 bits per heavy atom. The van der Waals surface area contributed by atoms with Crippen LogP contribution in [0.15, 0.2) is 84.0 Å². The van der Waals surface area contributed by atoms with Gasteiger partial charge in [0.05, 0.1) is 0 Å². The van der Waals surface area contributed by atoms with Gasteiger partial charge >= 0.3 is 0 Å². The number of hydrazine groups is 1. The van der Waals surface area contributed by atoms with Crippen LogP contribution < -0.4 is 16.3 Å². The lowest BCUT2D eigenvalue weighted by Crippen LogP contribution is -2.41. The summed E-state index contributed by atoms with van der Waals surface area (Å²) in [5.74, 6) is -0.153. The molecule has 3 aromatic carbocycles. The highest BCUT2D eigenvalue weighted by Gasteiger charge is 2.30. The average molecular weight is 370 g/mol. The van der Waals surface area contributed by atoms with Crippen LogP contribution in [-0.2, 0) is 4.79 Å². The lowest BCUT2D eigenvalue weighted by Gasteiger charge is -2.10. The predicted octanol–water partition coefficient (Wildman–Crippen LogP) is 3.56. The third-order valence-electron chi connectivity index (χ3n) is 4.82. The molecule has 1 fully saturated rings. The van der Waals surface area contributed by atoms with E-state index in [0.29, 0.717) is 6.42 Å². The third-order valence-corrected chi connectivity index (χ3v) is 4.82. The fourth-order valence-corrected chi connectivity index (χ4v) is 3.31. The van der Waals surface area contributed by atoms with Gasteiger partial charge in [-0.05, 0) is 40.5 Å². The van der Waals surface area contributed by atoms with Crippen LogP contribution in [0.25, 0.3) is 16.8 Å². The topological polar surface area (TPSA) is 65.5 Å². The number of hydrogen-bond acceptors (Lipinski definition) is 4. The van der Waals surface area contributed by atoms with Crippen molar-refractivity contribution < 1.29 is 4.79 Å². The molecule has 0 saturated carbocycles. The first-order valence-corrected chi connectivity index (χ1v) is 9.34. The second-order valence-corrected chi connectivity index (χ2v) is 6.76. The lowest BCUT2D eigenvalue weighted by molar-refractivity contribution is -0.122. The number of nitrogens with zero attached hydrogens (tertiary/aromatic N) is 1. The minimum absolute atomic E-state index is 0.0855. The number of hydrogen-bond donors (Lipinski definition) is 3. The van der Waals surface area contributed by atoms with E-state index in [-0.39, 0.29) is 18.0 Å². The van der Waals surface area contributed by atoms with Gasteiger partial charge in [-0.1, -0.05) is 72.8 Å². The van der Waals surface area contributed by atoms with Crippen LogP contribution in [-0.4, -0.2) is 18.2 Å². The molecular weight excluding hydrogens is 348 g/mol. The van der Waals surface area contributed by atoms with Crippen LogP contribution in [0.1, 0.15) is 23.6 Å². The first kappa shape index (κ1) is 18.1. The summed E-state index contributed by atoms with van der Waals surface area (Å²) in [4.78, 5) is 12.3. The molecule has 1 amide bonds. The van der Waals surface area contributed by atoms with E-state index in [4.69, 9.17) is 0 Å². The van der Waals surface area contributed by atoms with Crippen LogP contribution in [0.2, 0.25) is 0 Å². The smallest absolute Gasteiger partial charge is 0.258 e. The molecule has 1 saturated heterocycles. The van der Waals surface area contributed by atoms with Gasteiger partial charge in [-0.2, -0.15) is 5.10 Å². The summed E-state index contributed by atoms with van der Waals surface area (Å²) in [7, 11) is 0. The number of rotatable bonds is 5. The molecule has 140 valence electrons. The summed E-state index contributed by atoms with van der Waals surface area (Å²) in [6, 6.07) is 24.3. The molecule has 3 N–H and O–H groups in total. The summed E-state index contributed by atoms with van der Waals surface area (Å²) >= 11 is 0. The SMILES string of the molecule is O=C(N/N=C/C=C/c1ccccc1)C1CC(c2ccc3ccccc3c2)NN1. The molecule has 28 heavy (non-hydrogen) atoms. The van der Waals surface area contributed by atoms with Crippen LogP contribution >= 0.6 is 0 Å². The van der Waals surface area contributed by atoms with Gasteiger partial charge in [-0.3, -0.25) is 4.79 Å². The average Bonchev–Trinajstić information content (AvgIpc) is 3.24. The zero-order chi connectivity index (χ0) is 19.2. The van der Waals surface area contributed by atoms with E-state index in [9.17, 15) is 4.79 Å². The molecule has 1 aliphatic heterocycles. The van der Waals surface area contributed by atoms with Gasteiger partial charge in [-0.25, -0.2) is 16.3 Å². The van der Waals surface area contributed by atoms with E-state index in [1.54, 1.807) is 12.3 Å². The number of hydrazone groups is 1. The summed E-state index contributed by atoms with van der Waals surface area (Å²) in [5.41, 5.74) is 11.1. The second-order valence-electron chi connectivity index (χ2n) is 6.76. The van der Waals surface area contributed by atoms with E-state index in [0.717, 1.165) is 11.1 Å². The molecular formula is C23H22N4O. The van der Waals surface area contributed by atoms with Gasteiger partial charge in [0.1, 0.15) is 6.04 Å². The highest BCUT2D eigenvalue weighted by atomic mass is 16.2. The fraction of sp³-hybridized carbons (Fsp3) is 0.130. The molecule has 0 bridgehead atoms. The van der Waals surface area contributed by atoms with E-state index in [1.165, 1.54) is 10.8 Å². The first-order chi connectivity index (χ1) is 13.8. The molecule has 2 unspecified atom stereocenters. The maximum Gasteiger partial charge on any atom is 0.258 e. The van der Waals surface area contributed by atoms with E-state index in [2.05, 4.69) is 51.7 Å². The summed E-state index contributed by atoms with van der Waals surface area (Å²) in [6.07, 6.45) is 5.97. The van der Waals surface area contributed by atoms with Crippen molar-refractivity contribution in [1.29, 1.82) is 0 Å². The highest BCUT2D eigenvalue weighted by Crippen LogP contribution is 2.25. The number of nitrogens with one attached hydrogen (secondary N) is 3. The monoisotopic (exact) mass is 370 g/mol. The minimum atomic E-state index is -0.327. The quantitative estimate of drug-likeness (QED) is 0.475. The molecule has 0 spiro atoms. The number of carbonyl (C=O) groups excluding carboxylic acids is 1. The number of carbonyl (C=O) groups is 1. The number of fused-ring (bicyclic) bond motifs is 1. The second kappa shape index (κ2) is 8.61. The maximum absolute atomic E-state index is 12.3. The Labute approximate surface area is 164 Å². The van der Waals surface area contributed by atoms with E-state index < -0.39 is 0 Å². The predicted molar refractivity (Wildman–Crippen MR) is 113 cm³/mol. The number of allylic oxidation sites excluding steroid dienone is 1. The van der Waals surface area contributed by atoms with Gasteiger partial charge in [-0.15, -0.1) is 0 Å². The van der Waals surface area contributed by atoms with Crippen LogP contribution in [0, 0.1) is 0 Å². The Bertz CT molecular complexity index is 1010. The molecule has 5 nitrogen and oxygen atoms in total. The van der Waals surface area contributed by atoms with Gasteiger partial charge in [0.2, 0.25) is 0 Å². The van der Waals surface area contributed by atoms with Gasteiger partial charge in [0.25, 0.3) is 5.91 Å². The van der Waals surface area contributed by atoms with Crippen molar-refractivity contribution >= 4 is 29.0 Å². The first-order valence-electron chi connectivity index (χ1n) is 9.34. The lowest BCUT2D eigenvalue weighted by atomic mass is 9.99. The zero-order valence-electron chi connectivity index (χ0n) is 15.4. The van der Waals surface area contributed by atoms with Crippen molar-refractivity contribution in [2.24, 2.45) is 5.10 Å². The molecule has 4 rings (SSSR count). The van der Waals surface area contributed by atoms with Crippen LogP contribution in [0.3, 0.4) is 0 Å². The number of benzene rings is 3. The van der Waals surface area contributed by atoms with Crippen LogP contribution in [0.5, 0.6) is 0 Å². The molecule has 1 aliphatic rings. The molecule has 0 aromatic heterocycles. The van der Waals surface area contributed by atoms with Crippen molar-refractivity contribution in [2.75, 3.05) is 0 Å². The van der Waals surface area contributed by atoms with Gasteiger partial charge < -0.3 is 0 Å². The number of amides is 1. The largest absolute Gasteiger partial charge is 0.271 e. The molecule has 1 heterocycles. The van der Waals surface area contributed by atoms with E-state index in [1.807, 2.05) is 48.5 Å². The Kier molecular flexibility index (Phi) is 5.56. The Balaban J connectivity index is 1.31. The molecule has 2 atom stereocenters. The molecule has 0 aliphatic carbocycles. The van der Waals surface area contributed by atoms with Crippen molar-refractivity contribution in [1.82, 2.24) is 16.3 Å². The van der Waals surface area contributed by atoms with Crippen molar-refractivity contribution in [3.63, 3.8) is 0 Å². The van der Waals surface area contributed by atoms with E-state index >= 15 is 0 Å². The zero-order valence-corrected chi connectivity index (χ0v) is 15.4. The molecule has 0 radical (unpaired) electrons. The fourth-order valence-electron chi connectivity index (χ4n) is 3.31. The van der Waals surface area contributed by atoms with Crippen LogP contribution in [0.4, 0.5) is 0 Å². The highest BCUT2D eigenvalue weighted by molar-refractivity contribution is 5.85.